The van der Waals surface area contributed by atoms with Gasteiger partial charge >= 0.3 is 0 Å². The first-order chi connectivity index (χ1) is 9.67. The van der Waals surface area contributed by atoms with Gasteiger partial charge in [-0.25, -0.2) is 4.98 Å². The highest BCUT2D eigenvalue weighted by Gasteiger charge is 2.14. The number of rotatable bonds is 6. The van der Waals surface area contributed by atoms with Crippen molar-refractivity contribution in [3.05, 3.63) is 24.3 Å². The maximum atomic E-state index is 12.3. The lowest BCUT2D eigenvalue weighted by molar-refractivity contribution is -0.130. The molecule has 0 aliphatic rings. The van der Waals surface area contributed by atoms with Crippen LogP contribution in [0, 0.1) is 0 Å². The van der Waals surface area contributed by atoms with E-state index in [-0.39, 0.29) is 5.91 Å². The summed E-state index contributed by atoms with van der Waals surface area (Å²) >= 11 is 0. The number of likely N-dealkylation sites (N-methyl/N-ethyl adjacent to an activating group) is 1. The number of imidazole rings is 1. The Kier molecular flexibility index (Phi) is 4.61. The topological polar surface area (TPSA) is 50.2 Å². The SMILES string of the molecule is CCCCN(C)C(=O)Cn1c(NC)nc2ccccc21. The molecule has 20 heavy (non-hydrogen) atoms. The fraction of sp³-hybridized carbons (Fsp3) is 0.467. The first-order valence-corrected chi connectivity index (χ1v) is 7.04. The zero-order chi connectivity index (χ0) is 14.5. The third-order valence-corrected chi connectivity index (χ3v) is 3.44. The zero-order valence-corrected chi connectivity index (χ0v) is 12.4. The lowest BCUT2D eigenvalue weighted by atomic mass is 10.3. The van der Waals surface area contributed by atoms with Gasteiger partial charge in [-0.2, -0.15) is 0 Å². The third kappa shape index (κ3) is 2.92. The van der Waals surface area contributed by atoms with Crippen molar-refractivity contribution in [3.63, 3.8) is 0 Å². The number of para-hydroxylation sites is 2. The predicted octanol–water partition coefficient (Wildman–Crippen LogP) is 2.34. The Labute approximate surface area is 119 Å². The molecule has 0 bridgehead atoms. The molecule has 0 saturated heterocycles. The number of anilines is 1. The van der Waals surface area contributed by atoms with Crippen LogP contribution in [-0.4, -0.2) is 41.0 Å². The van der Waals surface area contributed by atoms with Crippen LogP contribution in [0.25, 0.3) is 11.0 Å². The Morgan fingerprint density at radius 1 is 1.40 bits per heavy atom. The summed E-state index contributed by atoms with van der Waals surface area (Å²) in [7, 11) is 3.68. The lowest BCUT2D eigenvalue weighted by Gasteiger charge is -2.18. The second-order valence-corrected chi connectivity index (χ2v) is 4.93. The van der Waals surface area contributed by atoms with Crippen molar-refractivity contribution in [2.24, 2.45) is 0 Å². The molecule has 1 amide bonds. The largest absolute Gasteiger partial charge is 0.359 e. The normalized spacial score (nSPS) is 10.8. The van der Waals surface area contributed by atoms with Crippen molar-refractivity contribution in [2.75, 3.05) is 26.0 Å². The highest BCUT2D eigenvalue weighted by molar-refractivity contribution is 5.83. The van der Waals surface area contributed by atoms with Crippen LogP contribution in [0.4, 0.5) is 5.95 Å². The van der Waals surface area contributed by atoms with Crippen LogP contribution in [0.1, 0.15) is 19.8 Å². The van der Waals surface area contributed by atoms with Gasteiger partial charge in [-0.05, 0) is 18.6 Å². The molecule has 2 rings (SSSR count). The van der Waals surface area contributed by atoms with Crippen LogP contribution in [-0.2, 0) is 11.3 Å². The number of unbranched alkanes of at least 4 members (excludes halogenated alkanes) is 1. The first-order valence-electron chi connectivity index (χ1n) is 7.04. The predicted molar refractivity (Wildman–Crippen MR) is 81.8 cm³/mol. The number of carbonyl (C=O) groups is 1. The molecule has 0 radical (unpaired) electrons. The van der Waals surface area contributed by atoms with Crippen LogP contribution < -0.4 is 5.32 Å². The van der Waals surface area contributed by atoms with E-state index < -0.39 is 0 Å². The summed E-state index contributed by atoms with van der Waals surface area (Å²) in [6.45, 7) is 3.24. The van der Waals surface area contributed by atoms with Crippen LogP contribution in [0.5, 0.6) is 0 Å². The molecule has 0 aliphatic heterocycles. The van der Waals surface area contributed by atoms with E-state index >= 15 is 0 Å². The van der Waals surface area contributed by atoms with Gasteiger partial charge in [0.15, 0.2) is 0 Å². The molecule has 0 fully saturated rings. The summed E-state index contributed by atoms with van der Waals surface area (Å²) in [6, 6.07) is 7.86. The van der Waals surface area contributed by atoms with E-state index in [1.54, 1.807) is 4.90 Å². The highest BCUT2D eigenvalue weighted by Crippen LogP contribution is 2.19. The molecule has 5 nitrogen and oxygen atoms in total. The van der Waals surface area contributed by atoms with Crippen molar-refractivity contribution in [1.29, 1.82) is 0 Å². The third-order valence-electron chi connectivity index (χ3n) is 3.44. The standard InChI is InChI=1S/C15H22N4O/c1-4-5-10-18(3)14(20)11-19-13-9-7-6-8-12(13)17-15(19)16-2/h6-9H,4-5,10-11H2,1-3H3,(H,16,17). The number of hydrogen-bond acceptors (Lipinski definition) is 3. The minimum atomic E-state index is 0.109. The van der Waals surface area contributed by atoms with Crippen molar-refractivity contribution in [2.45, 2.75) is 26.3 Å². The molecule has 1 heterocycles. The van der Waals surface area contributed by atoms with Gasteiger partial charge in [0.05, 0.1) is 11.0 Å². The summed E-state index contributed by atoms with van der Waals surface area (Å²) < 4.78 is 1.93. The van der Waals surface area contributed by atoms with Gasteiger partial charge in [0.1, 0.15) is 6.54 Å². The van der Waals surface area contributed by atoms with E-state index in [1.807, 2.05) is 42.9 Å². The van der Waals surface area contributed by atoms with Crippen molar-refractivity contribution < 1.29 is 4.79 Å². The molecular weight excluding hydrogens is 252 g/mol. The van der Waals surface area contributed by atoms with Crippen LogP contribution in [0.2, 0.25) is 0 Å². The van der Waals surface area contributed by atoms with Gasteiger partial charge in [-0.3, -0.25) is 4.79 Å². The summed E-state index contributed by atoms with van der Waals surface area (Å²) in [6.07, 6.45) is 2.12. The van der Waals surface area contributed by atoms with Gasteiger partial charge in [0.25, 0.3) is 0 Å². The van der Waals surface area contributed by atoms with Crippen molar-refractivity contribution in [3.8, 4) is 0 Å². The molecule has 2 aromatic rings. The molecule has 0 unspecified atom stereocenters. The number of nitrogens with zero attached hydrogens (tertiary/aromatic N) is 3. The second-order valence-electron chi connectivity index (χ2n) is 4.93. The number of fused-ring (bicyclic) bond motifs is 1. The Morgan fingerprint density at radius 2 is 2.15 bits per heavy atom. The molecule has 1 aromatic carbocycles. The van der Waals surface area contributed by atoms with Gasteiger partial charge in [0, 0.05) is 20.6 Å². The number of benzene rings is 1. The van der Waals surface area contributed by atoms with Gasteiger partial charge < -0.3 is 14.8 Å². The van der Waals surface area contributed by atoms with E-state index in [0.717, 1.165) is 36.4 Å². The van der Waals surface area contributed by atoms with Crippen LogP contribution >= 0.6 is 0 Å². The fourth-order valence-corrected chi connectivity index (χ4v) is 2.20. The molecule has 1 N–H and O–H groups in total. The van der Waals surface area contributed by atoms with Crippen LogP contribution in [0.3, 0.4) is 0 Å². The lowest BCUT2D eigenvalue weighted by Crippen LogP contribution is -2.31. The Morgan fingerprint density at radius 3 is 2.85 bits per heavy atom. The number of hydrogen-bond donors (Lipinski definition) is 1. The summed E-state index contributed by atoms with van der Waals surface area (Å²) in [5.74, 6) is 0.835. The van der Waals surface area contributed by atoms with E-state index in [4.69, 9.17) is 0 Å². The summed E-state index contributed by atoms with van der Waals surface area (Å²) in [5, 5.41) is 3.05. The molecule has 108 valence electrons. The summed E-state index contributed by atoms with van der Waals surface area (Å²) in [4.78, 5) is 18.6. The number of aromatic nitrogens is 2. The Hall–Kier alpha value is -2.04. The van der Waals surface area contributed by atoms with E-state index in [1.165, 1.54) is 0 Å². The second kappa shape index (κ2) is 6.41. The van der Waals surface area contributed by atoms with Crippen LogP contribution in [0.15, 0.2) is 24.3 Å². The molecule has 0 aliphatic carbocycles. The number of nitrogens with one attached hydrogen (secondary N) is 1. The van der Waals surface area contributed by atoms with Gasteiger partial charge in [-0.15, -0.1) is 0 Å². The Bertz CT molecular complexity index is 591. The van der Waals surface area contributed by atoms with Gasteiger partial charge in [0.2, 0.25) is 11.9 Å². The van der Waals surface area contributed by atoms with Crippen molar-refractivity contribution >= 4 is 22.9 Å². The number of carbonyl (C=O) groups excluding carboxylic acids is 1. The molecule has 0 saturated carbocycles. The Balaban J connectivity index is 2.22. The zero-order valence-electron chi connectivity index (χ0n) is 12.4. The van der Waals surface area contributed by atoms with E-state index in [2.05, 4.69) is 17.2 Å². The average Bonchev–Trinajstić information content (AvgIpc) is 2.82. The minimum absolute atomic E-state index is 0.109. The average molecular weight is 274 g/mol. The highest BCUT2D eigenvalue weighted by atomic mass is 16.2. The summed E-state index contributed by atoms with van der Waals surface area (Å²) in [5.41, 5.74) is 1.88. The smallest absolute Gasteiger partial charge is 0.242 e. The molecule has 0 atom stereocenters. The molecule has 5 heteroatoms. The molecular formula is C15H22N4O. The number of amides is 1. The molecule has 0 spiro atoms. The van der Waals surface area contributed by atoms with E-state index in [0.29, 0.717) is 6.54 Å². The van der Waals surface area contributed by atoms with Gasteiger partial charge in [-0.1, -0.05) is 25.5 Å². The van der Waals surface area contributed by atoms with E-state index in [9.17, 15) is 4.79 Å². The monoisotopic (exact) mass is 274 g/mol. The maximum absolute atomic E-state index is 12.3. The van der Waals surface area contributed by atoms with Crippen molar-refractivity contribution in [1.82, 2.24) is 14.5 Å². The maximum Gasteiger partial charge on any atom is 0.242 e. The minimum Gasteiger partial charge on any atom is -0.359 e. The first kappa shape index (κ1) is 14.4. The fourth-order valence-electron chi connectivity index (χ4n) is 2.20. The quantitative estimate of drug-likeness (QED) is 0.879. The molecule has 1 aromatic heterocycles.